The molecule has 0 aromatic heterocycles. The summed E-state index contributed by atoms with van der Waals surface area (Å²) >= 11 is 6.06. The minimum Gasteiger partial charge on any atom is -0.326 e. The van der Waals surface area contributed by atoms with Crippen molar-refractivity contribution in [3.05, 3.63) is 58.1 Å². The molecule has 2 N–H and O–H groups in total. The van der Waals surface area contributed by atoms with E-state index < -0.39 is 11.6 Å². The fourth-order valence-corrected chi connectivity index (χ4v) is 2.06. The lowest BCUT2D eigenvalue weighted by Crippen LogP contribution is -1.97. The van der Waals surface area contributed by atoms with Crippen LogP contribution in [0.1, 0.15) is 11.1 Å². The molecule has 0 atom stereocenters. The van der Waals surface area contributed by atoms with Crippen LogP contribution in [0.25, 0.3) is 11.1 Å². The van der Waals surface area contributed by atoms with Crippen LogP contribution in [0.5, 0.6) is 0 Å². The maximum absolute atomic E-state index is 13.9. The molecule has 0 saturated carbocycles. The Bertz CT molecular complexity index is 597. The highest BCUT2D eigenvalue weighted by atomic mass is 35.5. The summed E-state index contributed by atoms with van der Waals surface area (Å²) in [6.45, 7) is 1.87. The van der Waals surface area contributed by atoms with Crippen molar-refractivity contribution in [1.29, 1.82) is 0 Å². The first-order chi connectivity index (χ1) is 8.54. The minimum atomic E-state index is -0.877. The summed E-state index contributed by atoms with van der Waals surface area (Å²) in [5.74, 6) is -1.72. The van der Waals surface area contributed by atoms with Crippen molar-refractivity contribution in [3.63, 3.8) is 0 Å². The van der Waals surface area contributed by atoms with Crippen LogP contribution in [0.4, 0.5) is 8.78 Å². The number of rotatable bonds is 2. The normalized spacial score (nSPS) is 10.7. The van der Waals surface area contributed by atoms with Gasteiger partial charge in [0.05, 0.1) is 0 Å². The molecule has 0 bridgehead atoms. The predicted molar refractivity (Wildman–Crippen MR) is 69.4 cm³/mol. The molecule has 0 amide bonds. The zero-order chi connectivity index (χ0) is 13.3. The van der Waals surface area contributed by atoms with Crippen molar-refractivity contribution in [2.75, 3.05) is 0 Å². The molecule has 1 nitrogen and oxygen atoms in total. The quantitative estimate of drug-likeness (QED) is 0.873. The number of nitrogens with two attached hydrogens (primary N) is 1. The summed E-state index contributed by atoms with van der Waals surface area (Å²) in [4.78, 5) is 0. The van der Waals surface area contributed by atoms with Gasteiger partial charge in [0.1, 0.15) is 0 Å². The van der Waals surface area contributed by atoms with Crippen molar-refractivity contribution in [3.8, 4) is 11.1 Å². The number of aryl methyl sites for hydroxylation is 1. The Balaban J connectivity index is 2.59. The van der Waals surface area contributed by atoms with Crippen LogP contribution >= 0.6 is 11.6 Å². The molecule has 2 rings (SSSR count). The van der Waals surface area contributed by atoms with Crippen molar-refractivity contribution < 1.29 is 8.78 Å². The summed E-state index contributed by atoms with van der Waals surface area (Å²) in [5.41, 5.74) is 7.22. The molecule has 0 heterocycles. The van der Waals surface area contributed by atoms with Crippen LogP contribution in [0.2, 0.25) is 5.02 Å². The van der Waals surface area contributed by atoms with Gasteiger partial charge >= 0.3 is 0 Å². The molecular weight excluding hydrogens is 256 g/mol. The van der Waals surface area contributed by atoms with Gasteiger partial charge in [0, 0.05) is 22.7 Å². The molecule has 0 unspecified atom stereocenters. The highest BCUT2D eigenvalue weighted by Gasteiger charge is 2.14. The van der Waals surface area contributed by atoms with Gasteiger partial charge in [-0.1, -0.05) is 35.9 Å². The lowest BCUT2D eigenvalue weighted by atomic mass is 10.0. The van der Waals surface area contributed by atoms with E-state index in [-0.39, 0.29) is 11.1 Å². The largest absolute Gasteiger partial charge is 0.326 e. The standard InChI is InChI=1S/C14H12ClF2N/c1-8-2-4-11(14(17)13(8)16)10-5-3-9(7-18)6-12(10)15/h2-6H,7,18H2,1H3. The summed E-state index contributed by atoms with van der Waals surface area (Å²) < 4.78 is 27.4. The van der Waals surface area contributed by atoms with E-state index in [1.165, 1.54) is 19.1 Å². The number of hydrogen-bond acceptors (Lipinski definition) is 1. The molecule has 0 aliphatic heterocycles. The zero-order valence-corrected chi connectivity index (χ0v) is 10.6. The van der Waals surface area contributed by atoms with Crippen molar-refractivity contribution in [1.82, 2.24) is 0 Å². The summed E-state index contributed by atoms with van der Waals surface area (Å²) in [7, 11) is 0. The van der Waals surface area contributed by atoms with Gasteiger partial charge in [-0.2, -0.15) is 0 Å². The Morgan fingerprint density at radius 1 is 1.06 bits per heavy atom. The smallest absolute Gasteiger partial charge is 0.166 e. The third-order valence-corrected chi connectivity index (χ3v) is 3.15. The topological polar surface area (TPSA) is 26.0 Å². The third-order valence-electron chi connectivity index (χ3n) is 2.83. The van der Waals surface area contributed by atoms with E-state index in [0.29, 0.717) is 17.1 Å². The average molecular weight is 268 g/mol. The zero-order valence-electron chi connectivity index (χ0n) is 9.81. The van der Waals surface area contributed by atoms with Crippen molar-refractivity contribution in [2.45, 2.75) is 13.5 Å². The molecule has 0 radical (unpaired) electrons. The Labute approximate surface area is 109 Å². The van der Waals surface area contributed by atoms with E-state index >= 15 is 0 Å². The molecule has 4 heteroatoms. The van der Waals surface area contributed by atoms with Crippen LogP contribution in [-0.2, 0) is 6.54 Å². The van der Waals surface area contributed by atoms with Gasteiger partial charge in [-0.3, -0.25) is 0 Å². The Morgan fingerprint density at radius 2 is 1.72 bits per heavy atom. The molecule has 2 aromatic rings. The van der Waals surface area contributed by atoms with Gasteiger partial charge < -0.3 is 5.73 Å². The molecule has 94 valence electrons. The van der Waals surface area contributed by atoms with E-state index in [2.05, 4.69) is 0 Å². The lowest BCUT2D eigenvalue weighted by Gasteiger charge is -2.09. The van der Waals surface area contributed by atoms with Gasteiger partial charge in [0.2, 0.25) is 0 Å². The first-order valence-corrected chi connectivity index (χ1v) is 5.86. The van der Waals surface area contributed by atoms with E-state index in [9.17, 15) is 8.78 Å². The second-order valence-electron chi connectivity index (χ2n) is 4.08. The van der Waals surface area contributed by atoms with E-state index in [1.54, 1.807) is 18.2 Å². The maximum atomic E-state index is 13.9. The van der Waals surface area contributed by atoms with Crippen molar-refractivity contribution in [2.24, 2.45) is 5.73 Å². The molecule has 2 aromatic carbocycles. The Kier molecular flexibility index (Phi) is 3.64. The Morgan fingerprint density at radius 3 is 2.33 bits per heavy atom. The third kappa shape index (κ3) is 2.24. The molecule has 0 spiro atoms. The molecule has 0 aliphatic rings. The Hall–Kier alpha value is -1.45. The highest BCUT2D eigenvalue weighted by molar-refractivity contribution is 6.33. The summed E-state index contributed by atoms with van der Waals surface area (Å²) in [6.07, 6.45) is 0. The van der Waals surface area contributed by atoms with E-state index in [1.807, 2.05) is 0 Å². The van der Waals surface area contributed by atoms with Gasteiger partial charge in [-0.15, -0.1) is 0 Å². The van der Waals surface area contributed by atoms with Gasteiger partial charge in [-0.05, 0) is 24.1 Å². The molecule has 0 fully saturated rings. The van der Waals surface area contributed by atoms with Crippen molar-refractivity contribution >= 4 is 11.6 Å². The first-order valence-electron chi connectivity index (χ1n) is 5.48. The summed E-state index contributed by atoms with van der Waals surface area (Å²) in [5, 5.41) is 0.361. The van der Waals surface area contributed by atoms with Crippen LogP contribution in [0, 0.1) is 18.6 Å². The maximum Gasteiger partial charge on any atom is 0.166 e. The van der Waals surface area contributed by atoms with Crippen LogP contribution in [0.3, 0.4) is 0 Å². The summed E-state index contributed by atoms with van der Waals surface area (Å²) in [6, 6.07) is 8.11. The van der Waals surface area contributed by atoms with Crippen LogP contribution < -0.4 is 5.73 Å². The predicted octanol–water partition coefficient (Wildman–Crippen LogP) is 4.05. The van der Waals surface area contributed by atoms with Crippen LogP contribution in [0.15, 0.2) is 30.3 Å². The molecular formula is C14H12ClF2N. The number of hydrogen-bond donors (Lipinski definition) is 1. The van der Waals surface area contributed by atoms with Gasteiger partial charge in [0.15, 0.2) is 11.6 Å². The number of halogens is 3. The molecule has 0 aliphatic carbocycles. The monoisotopic (exact) mass is 267 g/mol. The second-order valence-corrected chi connectivity index (χ2v) is 4.48. The first kappa shape index (κ1) is 13.0. The van der Waals surface area contributed by atoms with Gasteiger partial charge in [-0.25, -0.2) is 8.78 Å². The second kappa shape index (κ2) is 5.04. The SMILES string of the molecule is Cc1ccc(-c2ccc(CN)cc2Cl)c(F)c1F. The van der Waals surface area contributed by atoms with E-state index in [0.717, 1.165) is 5.56 Å². The molecule has 18 heavy (non-hydrogen) atoms. The van der Waals surface area contributed by atoms with Gasteiger partial charge in [0.25, 0.3) is 0 Å². The van der Waals surface area contributed by atoms with Crippen LogP contribution in [-0.4, -0.2) is 0 Å². The highest BCUT2D eigenvalue weighted by Crippen LogP contribution is 2.32. The minimum absolute atomic E-state index is 0.159. The molecule has 0 saturated heterocycles. The fraction of sp³-hybridized carbons (Fsp3) is 0.143. The fourth-order valence-electron chi connectivity index (χ4n) is 1.76. The van der Waals surface area contributed by atoms with E-state index in [4.69, 9.17) is 17.3 Å². The average Bonchev–Trinajstić information content (AvgIpc) is 2.37. The number of benzene rings is 2. The lowest BCUT2D eigenvalue weighted by molar-refractivity contribution is 0.505.